The molecule has 0 radical (unpaired) electrons. The highest BCUT2D eigenvalue weighted by Gasteiger charge is 2.29. The monoisotopic (exact) mass is 258 g/mol. The molecule has 2 aliphatic rings. The van der Waals surface area contributed by atoms with E-state index in [1.165, 1.54) is 44.3 Å². The average Bonchev–Trinajstić information content (AvgIpc) is 2.39. The van der Waals surface area contributed by atoms with E-state index in [1.54, 1.807) is 0 Å². The molecule has 1 aliphatic carbocycles. The zero-order chi connectivity index (χ0) is 13.1. The van der Waals surface area contributed by atoms with Crippen LogP contribution in [0.2, 0.25) is 0 Å². The van der Waals surface area contributed by atoms with Crippen LogP contribution >= 0.6 is 0 Å². The minimum Gasteiger partial charge on any atom is -0.310 e. The van der Waals surface area contributed by atoms with E-state index in [0.29, 0.717) is 0 Å². The van der Waals surface area contributed by atoms with Gasteiger partial charge in [0.1, 0.15) is 0 Å². The largest absolute Gasteiger partial charge is 0.310 e. The Morgan fingerprint density at radius 2 is 1.95 bits per heavy atom. The molecule has 0 spiro atoms. The summed E-state index contributed by atoms with van der Waals surface area (Å²) >= 11 is 0. The van der Waals surface area contributed by atoms with Crippen molar-refractivity contribution < 1.29 is 0 Å². The fourth-order valence-corrected chi connectivity index (χ4v) is 3.55. The van der Waals surface area contributed by atoms with Gasteiger partial charge in [0.2, 0.25) is 0 Å². The Labute approximate surface area is 117 Å². The normalized spacial score (nSPS) is 31.9. The highest BCUT2D eigenvalue weighted by atomic mass is 15.2. The van der Waals surface area contributed by atoms with Crippen LogP contribution in [0.3, 0.4) is 0 Å². The predicted molar refractivity (Wildman–Crippen MR) is 80.1 cm³/mol. The third-order valence-electron chi connectivity index (χ3n) is 4.60. The molecular formula is C17H26N2. The van der Waals surface area contributed by atoms with Gasteiger partial charge in [0.25, 0.3) is 0 Å². The van der Waals surface area contributed by atoms with Gasteiger partial charge in [-0.05, 0) is 43.7 Å². The summed E-state index contributed by atoms with van der Waals surface area (Å²) in [5.74, 6) is 0.946. The standard InChI is InChI=1S/C17H26N2/c1-14-10-17(11-14)18-16-8-5-9-19(13-16)12-15-6-3-2-4-7-15/h2-4,6-7,14,16-18H,5,8-13H2,1H3. The summed E-state index contributed by atoms with van der Waals surface area (Å²) in [7, 11) is 0. The highest BCUT2D eigenvalue weighted by Crippen LogP contribution is 2.27. The topological polar surface area (TPSA) is 15.3 Å². The summed E-state index contributed by atoms with van der Waals surface area (Å²) in [6.07, 6.45) is 5.47. The van der Waals surface area contributed by atoms with Crippen molar-refractivity contribution >= 4 is 0 Å². The number of benzene rings is 1. The van der Waals surface area contributed by atoms with Crippen molar-refractivity contribution in [2.24, 2.45) is 5.92 Å². The second kappa shape index (κ2) is 6.06. The molecule has 1 heterocycles. The molecule has 1 aromatic rings. The van der Waals surface area contributed by atoms with Crippen LogP contribution in [0.5, 0.6) is 0 Å². The van der Waals surface area contributed by atoms with Gasteiger partial charge < -0.3 is 5.32 Å². The molecular weight excluding hydrogens is 232 g/mol. The first-order valence-corrected chi connectivity index (χ1v) is 7.82. The van der Waals surface area contributed by atoms with E-state index in [2.05, 4.69) is 47.5 Å². The molecule has 1 saturated heterocycles. The molecule has 2 fully saturated rings. The number of hydrogen-bond donors (Lipinski definition) is 1. The zero-order valence-corrected chi connectivity index (χ0v) is 12.0. The fraction of sp³-hybridized carbons (Fsp3) is 0.647. The van der Waals surface area contributed by atoms with Crippen LogP contribution in [0.25, 0.3) is 0 Å². The van der Waals surface area contributed by atoms with Gasteiger partial charge in [-0.25, -0.2) is 0 Å². The number of piperidine rings is 1. The zero-order valence-electron chi connectivity index (χ0n) is 12.0. The van der Waals surface area contributed by atoms with Gasteiger partial charge in [0.15, 0.2) is 0 Å². The molecule has 1 unspecified atom stereocenters. The summed E-state index contributed by atoms with van der Waals surface area (Å²) in [6.45, 7) is 5.95. The number of likely N-dealkylation sites (tertiary alicyclic amines) is 1. The quantitative estimate of drug-likeness (QED) is 0.893. The van der Waals surface area contributed by atoms with Gasteiger partial charge in [-0.15, -0.1) is 0 Å². The Morgan fingerprint density at radius 1 is 1.16 bits per heavy atom. The lowest BCUT2D eigenvalue weighted by Gasteiger charge is -2.40. The third-order valence-corrected chi connectivity index (χ3v) is 4.60. The Hall–Kier alpha value is -0.860. The van der Waals surface area contributed by atoms with Gasteiger partial charge in [-0.2, -0.15) is 0 Å². The minimum atomic E-state index is 0.718. The second-order valence-electron chi connectivity index (χ2n) is 6.50. The van der Waals surface area contributed by atoms with Gasteiger partial charge in [-0.3, -0.25) is 4.90 Å². The van der Waals surface area contributed by atoms with Crippen LogP contribution in [0.4, 0.5) is 0 Å². The van der Waals surface area contributed by atoms with Crippen molar-refractivity contribution in [1.82, 2.24) is 10.2 Å². The lowest BCUT2D eigenvalue weighted by Crippen LogP contribution is -2.52. The summed E-state index contributed by atoms with van der Waals surface area (Å²) in [4.78, 5) is 2.61. The molecule has 1 N–H and O–H groups in total. The summed E-state index contributed by atoms with van der Waals surface area (Å²) in [5, 5.41) is 3.86. The molecule has 2 heteroatoms. The van der Waals surface area contributed by atoms with Crippen LogP contribution in [0, 0.1) is 5.92 Å². The molecule has 0 bridgehead atoms. The molecule has 1 atom stereocenters. The van der Waals surface area contributed by atoms with Crippen LogP contribution in [-0.2, 0) is 6.54 Å². The second-order valence-corrected chi connectivity index (χ2v) is 6.50. The molecule has 104 valence electrons. The molecule has 1 saturated carbocycles. The first kappa shape index (κ1) is 13.1. The Bertz CT molecular complexity index is 384. The Morgan fingerprint density at radius 3 is 2.68 bits per heavy atom. The predicted octanol–water partition coefficient (Wildman–Crippen LogP) is 3.04. The van der Waals surface area contributed by atoms with Gasteiger partial charge >= 0.3 is 0 Å². The maximum atomic E-state index is 3.86. The van der Waals surface area contributed by atoms with E-state index in [0.717, 1.165) is 24.5 Å². The van der Waals surface area contributed by atoms with Crippen molar-refractivity contribution in [1.29, 1.82) is 0 Å². The van der Waals surface area contributed by atoms with Crippen molar-refractivity contribution in [3.8, 4) is 0 Å². The highest BCUT2D eigenvalue weighted by molar-refractivity contribution is 5.14. The molecule has 19 heavy (non-hydrogen) atoms. The summed E-state index contributed by atoms with van der Waals surface area (Å²) in [6, 6.07) is 12.4. The number of nitrogens with zero attached hydrogens (tertiary/aromatic N) is 1. The minimum absolute atomic E-state index is 0.718. The van der Waals surface area contributed by atoms with Crippen molar-refractivity contribution in [2.75, 3.05) is 13.1 Å². The van der Waals surface area contributed by atoms with Crippen molar-refractivity contribution in [3.63, 3.8) is 0 Å². The lowest BCUT2D eigenvalue weighted by molar-refractivity contribution is 0.146. The van der Waals surface area contributed by atoms with Crippen molar-refractivity contribution in [2.45, 2.75) is 51.2 Å². The van der Waals surface area contributed by atoms with E-state index < -0.39 is 0 Å². The summed E-state index contributed by atoms with van der Waals surface area (Å²) in [5.41, 5.74) is 1.44. The average molecular weight is 258 g/mol. The first-order chi connectivity index (χ1) is 9.29. The Kier molecular flexibility index (Phi) is 4.19. The number of rotatable bonds is 4. The molecule has 1 aromatic carbocycles. The van der Waals surface area contributed by atoms with E-state index in [9.17, 15) is 0 Å². The molecule has 0 aromatic heterocycles. The maximum Gasteiger partial charge on any atom is 0.0234 e. The fourth-order valence-electron chi connectivity index (χ4n) is 3.55. The lowest BCUT2D eigenvalue weighted by atomic mass is 9.81. The van der Waals surface area contributed by atoms with E-state index in [1.807, 2.05) is 0 Å². The summed E-state index contributed by atoms with van der Waals surface area (Å²) < 4.78 is 0. The first-order valence-electron chi connectivity index (χ1n) is 7.82. The Balaban J connectivity index is 1.48. The van der Waals surface area contributed by atoms with Crippen LogP contribution in [0.1, 0.15) is 38.2 Å². The molecule has 2 nitrogen and oxygen atoms in total. The molecule has 3 rings (SSSR count). The van der Waals surface area contributed by atoms with Crippen molar-refractivity contribution in [3.05, 3.63) is 35.9 Å². The van der Waals surface area contributed by atoms with E-state index in [4.69, 9.17) is 0 Å². The number of hydrogen-bond acceptors (Lipinski definition) is 2. The molecule has 0 amide bonds. The van der Waals surface area contributed by atoms with E-state index >= 15 is 0 Å². The van der Waals surface area contributed by atoms with Gasteiger partial charge in [0.05, 0.1) is 0 Å². The van der Waals surface area contributed by atoms with Crippen LogP contribution < -0.4 is 5.32 Å². The smallest absolute Gasteiger partial charge is 0.0234 e. The molecule has 1 aliphatic heterocycles. The SMILES string of the molecule is CC1CC(NC2CCCN(Cc3ccccc3)C2)C1. The van der Waals surface area contributed by atoms with E-state index in [-0.39, 0.29) is 0 Å². The van der Waals surface area contributed by atoms with Gasteiger partial charge in [-0.1, -0.05) is 37.3 Å². The number of nitrogens with one attached hydrogen (secondary N) is 1. The van der Waals surface area contributed by atoms with Gasteiger partial charge in [0, 0.05) is 25.2 Å². The third kappa shape index (κ3) is 3.58. The van der Waals surface area contributed by atoms with Crippen LogP contribution in [-0.4, -0.2) is 30.1 Å². The van der Waals surface area contributed by atoms with Crippen LogP contribution in [0.15, 0.2) is 30.3 Å². The maximum absolute atomic E-state index is 3.86.